The Hall–Kier alpha value is -5.36. The van der Waals surface area contributed by atoms with E-state index >= 15 is 4.39 Å². The molecule has 4 aromatic rings. The maximum absolute atomic E-state index is 16.0. The van der Waals surface area contributed by atoms with Crippen LogP contribution in [0.3, 0.4) is 0 Å². The Morgan fingerprint density at radius 3 is 2.37 bits per heavy atom. The minimum absolute atomic E-state index is 0.0566. The van der Waals surface area contributed by atoms with Crippen LogP contribution in [0.25, 0.3) is 11.3 Å². The number of nitrogens with zero attached hydrogens (tertiary/aromatic N) is 7. The SMILES string of the molecule is B=C(NCc1ccc(-c2cc(Nc3ccc(N4CCN(CCc5ccc(N6CC/C(=C/C)NC6)cc5)CC4)cn3)ncn2)c(F)c1C)/C(=N/C(=C\CC)C(C)(C)C)C1CC1. The number of nitrogens with one attached hydrogen (secondary N) is 3. The van der Waals surface area contributed by atoms with Gasteiger partial charge in [-0.05, 0) is 43.2 Å². The van der Waals surface area contributed by atoms with E-state index in [4.69, 9.17) is 9.98 Å². The van der Waals surface area contributed by atoms with Crippen LogP contribution >= 0.6 is 0 Å². The summed E-state index contributed by atoms with van der Waals surface area (Å²) in [4.78, 5) is 26.0. The molecule has 2 saturated heterocycles. The Morgan fingerprint density at radius 2 is 1.72 bits per heavy atom. The van der Waals surface area contributed by atoms with E-state index < -0.39 is 0 Å². The van der Waals surface area contributed by atoms with E-state index in [1.54, 1.807) is 12.1 Å². The maximum atomic E-state index is 16.0. The van der Waals surface area contributed by atoms with Crippen LogP contribution in [0.4, 0.5) is 27.4 Å². The molecule has 1 saturated carbocycles. The number of allylic oxidation sites excluding steroid dienone is 3. The van der Waals surface area contributed by atoms with E-state index in [2.05, 4.69) is 125 Å². The molecule has 2 aliphatic heterocycles. The van der Waals surface area contributed by atoms with E-state index in [0.717, 1.165) is 106 Å². The summed E-state index contributed by atoms with van der Waals surface area (Å²) in [5, 5.41) is 10.3. The first-order valence-corrected chi connectivity index (χ1v) is 21.7. The summed E-state index contributed by atoms with van der Waals surface area (Å²) in [6.45, 7) is 20.0. The van der Waals surface area contributed by atoms with Gasteiger partial charge in [0.25, 0.3) is 0 Å². The van der Waals surface area contributed by atoms with Crippen molar-refractivity contribution in [3.05, 3.63) is 113 Å². The molecule has 0 radical (unpaired) electrons. The molecule has 7 rings (SSSR count). The molecule has 3 N–H and O–H groups in total. The van der Waals surface area contributed by atoms with Crippen LogP contribution in [0.2, 0.25) is 0 Å². The van der Waals surface area contributed by atoms with Crippen LogP contribution in [-0.4, -0.2) is 84.6 Å². The summed E-state index contributed by atoms with van der Waals surface area (Å²) in [5.41, 5.74) is 10.3. The van der Waals surface area contributed by atoms with Crippen molar-refractivity contribution in [2.24, 2.45) is 16.3 Å². The van der Waals surface area contributed by atoms with Crippen molar-refractivity contribution in [1.29, 1.82) is 0 Å². The predicted octanol–water partition coefficient (Wildman–Crippen LogP) is 8.07. The molecular formula is C48H62BFN10. The Kier molecular flexibility index (Phi) is 13.8. The van der Waals surface area contributed by atoms with Gasteiger partial charge < -0.3 is 15.1 Å². The van der Waals surface area contributed by atoms with Crippen molar-refractivity contribution in [3.8, 4) is 11.3 Å². The first-order valence-electron chi connectivity index (χ1n) is 21.7. The molecule has 0 unspecified atom stereocenters. The number of hydrogen-bond acceptors (Lipinski definition) is 10. The summed E-state index contributed by atoms with van der Waals surface area (Å²) in [6, 6.07) is 18.7. The molecule has 0 amide bonds. The average Bonchev–Trinajstić information content (AvgIpc) is 4.11. The van der Waals surface area contributed by atoms with Gasteiger partial charge in [0.15, 0.2) is 0 Å². The van der Waals surface area contributed by atoms with Gasteiger partial charge in [-0.2, -0.15) is 0 Å². The fourth-order valence-corrected chi connectivity index (χ4v) is 7.84. The van der Waals surface area contributed by atoms with Crippen molar-refractivity contribution in [3.63, 3.8) is 0 Å². The van der Waals surface area contributed by atoms with E-state index in [1.165, 1.54) is 23.3 Å². The number of piperazine rings is 1. The Bertz CT molecular complexity index is 2190. The molecule has 0 bridgehead atoms. The van der Waals surface area contributed by atoms with Crippen molar-refractivity contribution in [2.75, 3.05) is 61.1 Å². The molecule has 2 aromatic carbocycles. The number of rotatable bonds is 15. The standard InChI is InChI=1S/C48H62BFN10/c1-7-9-42(48(4,5)6)56-46(35-12-13-35)47(49)52-29-36-14-18-40(45(50)33(36)3)41-28-44(54-31-53-41)57-43-19-17-39(30-51-43)59-26-24-58(25-27-59)22-20-34-10-15-38(16-11-34)60-23-21-37(8-2)55-32-60/h8-11,14-19,28,30-31,35,49,52,55H,7,12-13,20-27,29,32H2,1-6H3,(H,51,53,54,57)/b37-8-,42-9-,56-46+. The first-order chi connectivity index (χ1) is 29.0. The van der Waals surface area contributed by atoms with Crippen LogP contribution in [-0.2, 0) is 13.0 Å². The van der Waals surface area contributed by atoms with Crippen molar-refractivity contribution >= 4 is 41.8 Å². The van der Waals surface area contributed by atoms with Gasteiger partial charge in [0.2, 0.25) is 0 Å². The molecular weight excluding hydrogens is 746 g/mol. The summed E-state index contributed by atoms with van der Waals surface area (Å²) in [6.07, 6.45) is 13.0. The Morgan fingerprint density at radius 1 is 0.950 bits per heavy atom. The average molecular weight is 809 g/mol. The van der Waals surface area contributed by atoms with Gasteiger partial charge in [-0.3, -0.25) is 4.90 Å². The van der Waals surface area contributed by atoms with Crippen LogP contribution < -0.4 is 25.8 Å². The van der Waals surface area contributed by atoms with Crippen LogP contribution in [0.1, 0.15) is 77.0 Å². The molecule has 60 heavy (non-hydrogen) atoms. The monoisotopic (exact) mass is 809 g/mol. The van der Waals surface area contributed by atoms with Crippen LogP contribution in [0.15, 0.2) is 95.7 Å². The van der Waals surface area contributed by atoms with Crippen LogP contribution in [0.5, 0.6) is 0 Å². The van der Waals surface area contributed by atoms with Crippen LogP contribution in [0, 0.1) is 24.1 Å². The zero-order chi connectivity index (χ0) is 42.2. The van der Waals surface area contributed by atoms with Gasteiger partial charge in [-0.15, -0.1) is 0 Å². The van der Waals surface area contributed by atoms with E-state index in [1.807, 2.05) is 25.3 Å². The predicted molar refractivity (Wildman–Crippen MR) is 249 cm³/mol. The topological polar surface area (TPSA) is 96.8 Å². The van der Waals surface area contributed by atoms with Crippen molar-refractivity contribution < 1.29 is 4.39 Å². The Labute approximate surface area is 357 Å². The fraction of sp³-hybridized carbons (Fsp3) is 0.438. The number of aromatic nitrogens is 3. The first kappa shape index (κ1) is 42.8. The second kappa shape index (κ2) is 19.4. The third-order valence-electron chi connectivity index (χ3n) is 11.9. The number of pyridine rings is 1. The summed E-state index contributed by atoms with van der Waals surface area (Å²) < 4.78 is 16.0. The Balaban J connectivity index is 0.894. The molecule has 3 fully saturated rings. The normalized spacial score (nSPS) is 17.5. The summed E-state index contributed by atoms with van der Waals surface area (Å²) in [7, 11) is 4.35. The van der Waals surface area contributed by atoms with Gasteiger partial charge in [0, 0.05) is 57.1 Å². The molecule has 4 heterocycles. The fourth-order valence-electron chi connectivity index (χ4n) is 7.84. The molecule has 10 nitrogen and oxygen atoms in total. The number of benzene rings is 2. The third kappa shape index (κ3) is 10.9. The number of anilines is 4. The summed E-state index contributed by atoms with van der Waals surface area (Å²) >= 11 is 0. The zero-order valence-corrected chi connectivity index (χ0v) is 36.5. The molecule has 314 valence electrons. The molecule has 1 aliphatic carbocycles. The van der Waals surface area contributed by atoms with Crippen molar-refractivity contribution in [2.45, 2.75) is 80.2 Å². The summed E-state index contributed by atoms with van der Waals surface area (Å²) in [5.74, 6) is 1.34. The van der Waals surface area contributed by atoms with Gasteiger partial charge >= 0.3 is 197 Å². The molecule has 12 heteroatoms. The molecule has 0 atom stereocenters. The van der Waals surface area contributed by atoms with E-state index in [0.29, 0.717) is 40.9 Å². The number of hydrogen-bond donors (Lipinski definition) is 3. The molecule has 3 aliphatic rings. The van der Waals surface area contributed by atoms with E-state index in [9.17, 15) is 0 Å². The van der Waals surface area contributed by atoms with Gasteiger partial charge in [0.05, 0.1) is 18.6 Å². The second-order valence-electron chi connectivity index (χ2n) is 17.3. The minimum atomic E-state index is -0.299. The van der Waals surface area contributed by atoms with Gasteiger partial charge in [0.1, 0.15) is 0 Å². The van der Waals surface area contributed by atoms with E-state index in [-0.39, 0.29) is 11.2 Å². The zero-order valence-electron chi connectivity index (χ0n) is 36.5. The van der Waals surface area contributed by atoms with Gasteiger partial charge in [-0.1, -0.05) is 18.2 Å². The van der Waals surface area contributed by atoms with Crippen molar-refractivity contribution in [1.82, 2.24) is 30.5 Å². The quantitative estimate of drug-likeness (QED) is 0.0815. The number of aliphatic imine (C=N–C) groups is 1. The van der Waals surface area contributed by atoms with Gasteiger partial charge in [-0.25, -0.2) is 4.98 Å². The number of halogens is 1. The second-order valence-corrected chi connectivity index (χ2v) is 17.3. The third-order valence-corrected chi connectivity index (χ3v) is 11.9. The molecule has 2 aromatic heterocycles. The molecule has 0 spiro atoms.